The van der Waals surface area contributed by atoms with Gasteiger partial charge in [-0.15, -0.1) is 0 Å². The standard InChI is InChI=1S/C10H12O2/c11-10(4-3-8-1-2-8)9-5-6-12-7-9/h5-8H,1-4H2. The van der Waals surface area contributed by atoms with Crippen LogP contribution in [0, 0.1) is 5.92 Å². The fourth-order valence-electron chi connectivity index (χ4n) is 1.31. The Balaban J connectivity index is 1.83. The monoisotopic (exact) mass is 164 g/mol. The van der Waals surface area contributed by atoms with Crippen molar-refractivity contribution in [2.45, 2.75) is 25.7 Å². The third-order valence-corrected chi connectivity index (χ3v) is 2.32. The van der Waals surface area contributed by atoms with Crippen molar-refractivity contribution >= 4 is 5.78 Å². The molecule has 1 fully saturated rings. The first-order valence-corrected chi connectivity index (χ1v) is 4.41. The highest BCUT2D eigenvalue weighted by Crippen LogP contribution is 2.33. The lowest BCUT2D eigenvalue weighted by Crippen LogP contribution is -1.96. The summed E-state index contributed by atoms with van der Waals surface area (Å²) in [5.74, 6) is 1.05. The molecule has 12 heavy (non-hydrogen) atoms. The summed E-state index contributed by atoms with van der Waals surface area (Å²) < 4.78 is 4.84. The Hall–Kier alpha value is -1.05. The van der Waals surface area contributed by atoms with Gasteiger partial charge in [0.25, 0.3) is 0 Å². The lowest BCUT2D eigenvalue weighted by molar-refractivity contribution is 0.0977. The van der Waals surface area contributed by atoms with Crippen molar-refractivity contribution in [3.8, 4) is 0 Å². The molecule has 2 heteroatoms. The number of furan rings is 1. The van der Waals surface area contributed by atoms with Crippen molar-refractivity contribution in [3.05, 3.63) is 24.2 Å². The number of carbonyl (C=O) groups excluding carboxylic acids is 1. The number of hydrogen-bond acceptors (Lipinski definition) is 2. The maximum absolute atomic E-state index is 11.4. The van der Waals surface area contributed by atoms with Gasteiger partial charge in [-0.3, -0.25) is 4.79 Å². The number of hydrogen-bond donors (Lipinski definition) is 0. The van der Waals surface area contributed by atoms with Crippen molar-refractivity contribution in [1.29, 1.82) is 0 Å². The number of ketones is 1. The van der Waals surface area contributed by atoms with E-state index in [0.717, 1.165) is 17.9 Å². The van der Waals surface area contributed by atoms with Crippen LogP contribution in [-0.4, -0.2) is 5.78 Å². The molecule has 1 saturated carbocycles. The first-order valence-electron chi connectivity index (χ1n) is 4.41. The zero-order valence-corrected chi connectivity index (χ0v) is 6.95. The summed E-state index contributed by atoms with van der Waals surface area (Å²) in [7, 11) is 0. The molecule has 0 atom stereocenters. The van der Waals surface area contributed by atoms with E-state index >= 15 is 0 Å². The molecule has 1 heterocycles. The average Bonchev–Trinajstić information content (AvgIpc) is 2.74. The molecule has 1 aliphatic carbocycles. The van der Waals surface area contributed by atoms with Gasteiger partial charge in [0.15, 0.2) is 5.78 Å². The molecule has 0 radical (unpaired) electrons. The van der Waals surface area contributed by atoms with E-state index in [1.54, 1.807) is 12.3 Å². The van der Waals surface area contributed by atoms with Crippen LogP contribution in [0.1, 0.15) is 36.0 Å². The molecular weight excluding hydrogens is 152 g/mol. The van der Waals surface area contributed by atoms with Gasteiger partial charge in [-0.2, -0.15) is 0 Å². The maximum atomic E-state index is 11.4. The van der Waals surface area contributed by atoms with E-state index in [4.69, 9.17) is 4.42 Å². The fourth-order valence-corrected chi connectivity index (χ4v) is 1.31. The summed E-state index contributed by atoms with van der Waals surface area (Å²) in [6.07, 6.45) is 7.45. The SMILES string of the molecule is O=C(CCC1CC1)c1ccoc1. The van der Waals surface area contributed by atoms with Crippen molar-refractivity contribution in [2.75, 3.05) is 0 Å². The highest BCUT2D eigenvalue weighted by molar-refractivity contribution is 5.95. The maximum Gasteiger partial charge on any atom is 0.166 e. The molecule has 1 aromatic rings. The van der Waals surface area contributed by atoms with Gasteiger partial charge in [0.05, 0.1) is 11.8 Å². The fraction of sp³-hybridized carbons (Fsp3) is 0.500. The molecule has 2 rings (SSSR count). The van der Waals surface area contributed by atoms with Gasteiger partial charge >= 0.3 is 0 Å². The van der Waals surface area contributed by atoms with Crippen molar-refractivity contribution < 1.29 is 9.21 Å². The lowest BCUT2D eigenvalue weighted by Gasteiger charge is -1.94. The summed E-state index contributed by atoms with van der Waals surface area (Å²) in [5, 5.41) is 0. The molecule has 0 spiro atoms. The lowest BCUT2D eigenvalue weighted by atomic mass is 10.1. The van der Waals surface area contributed by atoms with E-state index in [2.05, 4.69) is 0 Å². The second-order valence-electron chi connectivity index (χ2n) is 3.42. The van der Waals surface area contributed by atoms with Crippen LogP contribution >= 0.6 is 0 Å². The van der Waals surface area contributed by atoms with Crippen LogP contribution in [-0.2, 0) is 0 Å². The average molecular weight is 164 g/mol. The third kappa shape index (κ3) is 1.76. The Bertz CT molecular complexity index is 257. The van der Waals surface area contributed by atoms with Crippen LogP contribution in [0.2, 0.25) is 0 Å². The molecule has 0 unspecified atom stereocenters. The zero-order valence-electron chi connectivity index (χ0n) is 6.95. The first kappa shape index (κ1) is 7.59. The van der Waals surface area contributed by atoms with Gasteiger partial charge < -0.3 is 4.42 Å². The minimum atomic E-state index is 0.218. The van der Waals surface area contributed by atoms with Crippen LogP contribution in [0.15, 0.2) is 23.0 Å². The van der Waals surface area contributed by atoms with E-state index in [1.807, 2.05) is 0 Å². The van der Waals surface area contributed by atoms with Crippen LogP contribution in [0.3, 0.4) is 0 Å². The number of carbonyl (C=O) groups is 1. The highest BCUT2D eigenvalue weighted by Gasteiger charge is 2.22. The highest BCUT2D eigenvalue weighted by atomic mass is 16.3. The molecule has 1 aromatic heterocycles. The van der Waals surface area contributed by atoms with Gasteiger partial charge in [0.1, 0.15) is 6.26 Å². The van der Waals surface area contributed by atoms with Gasteiger partial charge in [0.2, 0.25) is 0 Å². The topological polar surface area (TPSA) is 30.2 Å². The van der Waals surface area contributed by atoms with Crippen molar-refractivity contribution in [3.63, 3.8) is 0 Å². The van der Waals surface area contributed by atoms with Crippen molar-refractivity contribution in [2.24, 2.45) is 5.92 Å². The second kappa shape index (κ2) is 3.13. The summed E-state index contributed by atoms with van der Waals surface area (Å²) in [6, 6.07) is 1.73. The Morgan fingerprint density at radius 3 is 3.00 bits per heavy atom. The quantitative estimate of drug-likeness (QED) is 0.640. The third-order valence-electron chi connectivity index (χ3n) is 2.32. The van der Waals surface area contributed by atoms with Crippen LogP contribution in [0.5, 0.6) is 0 Å². The van der Waals surface area contributed by atoms with Crippen molar-refractivity contribution in [1.82, 2.24) is 0 Å². The first-order chi connectivity index (χ1) is 5.86. The molecule has 0 saturated heterocycles. The van der Waals surface area contributed by atoms with Crippen LogP contribution in [0.25, 0.3) is 0 Å². The predicted octanol–water partition coefficient (Wildman–Crippen LogP) is 2.65. The van der Waals surface area contributed by atoms with Crippen LogP contribution in [0.4, 0.5) is 0 Å². The second-order valence-corrected chi connectivity index (χ2v) is 3.42. The minimum Gasteiger partial charge on any atom is -0.472 e. The van der Waals surface area contributed by atoms with Crippen LogP contribution < -0.4 is 0 Å². The molecule has 1 aliphatic rings. The van der Waals surface area contributed by atoms with E-state index < -0.39 is 0 Å². The molecule has 0 bridgehead atoms. The van der Waals surface area contributed by atoms with Gasteiger partial charge in [0, 0.05) is 6.42 Å². The summed E-state index contributed by atoms with van der Waals surface area (Å²) in [6.45, 7) is 0. The predicted molar refractivity (Wildman–Crippen MR) is 45.0 cm³/mol. The Labute approximate surface area is 71.6 Å². The van der Waals surface area contributed by atoms with E-state index in [1.165, 1.54) is 19.1 Å². The largest absolute Gasteiger partial charge is 0.472 e. The van der Waals surface area contributed by atoms with Gasteiger partial charge in [-0.05, 0) is 18.4 Å². The normalized spacial score (nSPS) is 16.3. The Morgan fingerprint density at radius 1 is 1.58 bits per heavy atom. The molecule has 0 amide bonds. The van der Waals surface area contributed by atoms with E-state index in [0.29, 0.717) is 6.42 Å². The molecular formula is C10H12O2. The molecule has 0 aliphatic heterocycles. The molecule has 2 nitrogen and oxygen atoms in total. The molecule has 0 aromatic carbocycles. The Morgan fingerprint density at radius 2 is 2.42 bits per heavy atom. The summed E-state index contributed by atoms with van der Waals surface area (Å²) in [5.41, 5.74) is 0.718. The zero-order chi connectivity index (χ0) is 8.39. The summed E-state index contributed by atoms with van der Waals surface area (Å²) >= 11 is 0. The Kier molecular flexibility index (Phi) is 1.98. The molecule has 64 valence electrons. The number of rotatable bonds is 4. The minimum absolute atomic E-state index is 0.218. The van der Waals surface area contributed by atoms with Gasteiger partial charge in [-0.1, -0.05) is 12.8 Å². The van der Waals surface area contributed by atoms with E-state index in [-0.39, 0.29) is 5.78 Å². The molecule has 0 N–H and O–H groups in total. The number of Topliss-reactive ketones (excluding diaryl/α,β-unsaturated/α-hetero) is 1. The van der Waals surface area contributed by atoms with Gasteiger partial charge in [-0.25, -0.2) is 0 Å². The van der Waals surface area contributed by atoms with E-state index in [9.17, 15) is 4.79 Å². The summed E-state index contributed by atoms with van der Waals surface area (Å²) in [4.78, 5) is 11.4. The smallest absolute Gasteiger partial charge is 0.166 e.